The predicted octanol–water partition coefficient (Wildman–Crippen LogP) is 5.63. The Morgan fingerprint density at radius 2 is 1.47 bits per heavy atom. The van der Waals surface area contributed by atoms with Crippen LogP contribution in [0.2, 0.25) is 0 Å². The largest absolute Gasteiger partial charge is 0.298 e. The number of hydrogen-bond donors (Lipinski definition) is 0. The molecule has 3 rings (SSSR count). The van der Waals surface area contributed by atoms with Gasteiger partial charge in [0.15, 0.2) is 6.29 Å². The number of aldehydes is 1. The van der Waals surface area contributed by atoms with Gasteiger partial charge < -0.3 is 0 Å². The number of aryl methyl sites for hydroxylation is 2. The van der Waals surface area contributed by atoms with Crippen LogP contribution in [0.15, 0.2) is 30.3 Å². The molecular weight excluding hydrogens is 292 g/mol. The molecule has 0 bridgehead atoms. The van der Waals surface area contributed by atoms with E-state index < -0.39 is 0 Å². The number of thiophene rings is 3. The minimum absolute atomic E-state index is 0.807. The molecule has 3 aromatic rings. The van der Waals surface area contributed by atoms with Gasteiger partial charge in [-0.3, -0.25) is 4.79 Å². The summed E-state index contributed by atoms with van der Waals surface area (Å²) in [7, 11) is 0. The summed E-state index contributed by atoms with van der Waals surface area (Å²) in [6.45, 7) is 4.12. The lowest BCUT2D eigenvalue weighted by molar-refractivity contribution is 0.112. The summed E-state index contributed by atoms with van der Waals surface area (Å²) in [6, 6.07) is 10.6. The summed E-state index contributed by atoms with van der Waals surface area (Å²) in [5.41, 5.74) is 0.807. The Bertz CT molecular complexity index is 730. The quantitative estimate of drug-likeness (QED) is 0.573. The first-order chi connectivity index (χ1) is 9.17. The summed E-state index contributed by atoms with van der Waals surface area (Å²) in [6.07, 6.45) is 0.937. The van der Waals surface area contributed by atoms with Crippen LogP contribution in [-0.4, -0.2) is 6.29 Å². The van der Waals surface area contributed by atoms with Gasteiger partial charge in [-0.2, -0.15) is 0 Å². The maximum Gasteiger partial charge on any atom is 0.151 e. The van der Waals surface area contributed by atoms with E-state index in [1.54, 1.807) is 22.7 Å². The maximum absolute atomic E-state index is 10.9. The van der Waals surface area contributed by atoms with Crippen molar-refractivity contribution < 1.29 is 4.79 Å². The lowest BCUT2D eigenvalue weighted by Gasteiger charge is -1.90. The molecule has 19 heavy (non-hydrogen) atoms. The SMILES string of the molecule is Cc1ccc(-c2ccc(-c3cc(C=O)c(C)s3)s2)s1. The van der Waals surface area contributed by atoms with E-state index in [-0.39, 0.29) is 0 Å². The molecule has 0 fully saturated rings. The van der Waals surface area contributed by atoms with Crippen LogP contribution in [0.3, 0.4) is 0 Å². The minimum atomic E-state index is 0.807. The molecular formula is C15H12OS3. The van der Waals surface area contributed by atoms with Gasteiger partial charge in [0.05, 0.1) is 0 Å². The van der Waals surface area contributed by atoms with Crippen molar-refractivity contribution in [2.75, 3.05) is 0 Å². The predicted molar refractivity (Wildman–Crippen MR) is 85.8 cm³/mol. The fraction of sp³-hybridized carbons (Fsp3) is 0.133. The van der Waals surface area contributed by atoms with E-state index in [4.69, 9.17) is 0 Å². The molecule has 3 aromatic heterocycles. The van der Waals surface area contributed by atoms with E-state index in [1.165, 1.54) is 24.4 Å². The van der Waals surface area contributed by atoms with Gasteiger partial charge >= 0.3 is 0 Å². The molecule has 0 atom stereocenters. The summed E-state index contributed by atoms with van der Waals surface area (Å²) in [4.78, 5) is 18.4. The van der Waals surface area contributed by atoms with Crippen molar-refractivity contribution in [3.63, 3.8) is 0 Å². The molecule has 0 aliphatic carbocycles. The third kappa shape index (κ3) is 2.43. The van der Waals surface area contributed by atoms with Gasteiger partial charge in [-0.15, -0.1) is 34.0 Å². The summed E-state index contributed by atoms with van der Waals surface area (Å²) in [5, 5.41) is 0. The fourth-order valence-corrected chi connectivity index (χ4v) is 4.94. The number of carbonyl (C=O) groups is 1. The van der Waals surface area contributed by atoms with Crippen molar-refractivity contribution in [1.82, 2.24) is 0 Å². The maximum atomic E-state index is 10.9. The second kappa shape index (κ2) is 5.04. The van der Waals surface area contributed by atoms with Crippen LogP contribution in [0, 0.1) is 13.8 Å². The zero-order valence-corrected chi connectivity index (χ0v) is 13.0. The van der Waals surface area contributed by atoms with Gasteiger partial charge in [-0.05, 0) is 44.2 Å². The van der Waals surface area contributed by atoms with Gasteiger partial charge in [0.1, 0.15) is 0 Å². The van der Waals surface area contributed by atoms with Crippen LogP contribution >= 0.6 is 34.0 Å². The van der Waals surface area contributed by atoms with E-state index in [1.807, 2.05) is 24.3 Å². The standard InChI is InChI=1S/C15H12OS3/c1-9-3-4-12(17-9)13-5-6-14(19-13)15-7-11(8-16)10(2)18-15/h3-8H,1-2H3. The highest BCUT2D eigenvalue weighted by Gasteiger charge is 2.10. The van der Waals surface area contributed by atoms with E-state index >= 15 is 0 Å². The molecule has 0 aliphatic rings. The van der Waals surface area contributed by atoms with Crippen LogP contribution in [0.1, 0.15) is 20.1 Å². The third-order valence-electron chi connectivity index (χ3n) is 2.92. The molecule has 0 saturated heterocycles. The molecule has 0 saturated carbocycles. The van der Waals surface area contributed by atoms with E-state index in [9.17, 15) is 4.79 Å². The van der Waals surface area contributed by atoms with Crippen LogP contribution in [0.4, 0.5) is 0 Å². The highest BCUT2D eigenvalue weighted by Crippen LogP contribution is 2.40. The molecule has 4 heteroatoms. The summed E-state index contributed by atoms with van der Waals surface area (Å²) < 4.78 is 0. The van der Waals surface area contributed by atoms with Gasteiger partial charge in [-0.25, -0.2) is 0 Å². The third-order valence-corrected chi connectivity index (χ3v) is 6.46. The molecule has 0 aromatic carbocycles. The minimum Gasteiger partial charge on any atom is -0.298 e. The van der Waals surface area contributed by atoms with E-state index in [0.29, 0.717) is 0 Å². The number of hydrogen-bond acceptors (Lipinski definition) is 4. The topological polar surface area (TPSA) is 17.1 Å². The molecule has 0 amide bonds. The summed E-state index contributed by atoms with van der Waals surface area (Å²) >= 11 is 5.30. The molecule has 96 valence electrons. The zero-order chi connectivity index (χ0) is 13.4. The van der Waals surface area contributed by atoms with Crippen molar-refractivity contribution in [1.29, 1.82) is 0 Å². The summed E-state index contributed by atoms with van der Waals surface area (Å²) in [5.74, 6) is 0. The first kappa shape index (κ1) is 12.8. The highest BCUT2D eigenvalue weighted by atomic mass is 32.1. The Labute approximate surface area is 124 Å². The lowest BCUT2D eigenvalue weighted by atomic mass is 10.2. The van der Waals surface area contributed by atoms with Crippen molar-refractivity contribution in [2.24, 2.45) is 0 Å². The molecule has 3 heterocycles. The molecule has 0 radical (unpaired) electrons. The Hall–Kier alpha value is -1.23. The van der Waals surface area contributed by atoms with Crippen molar-refractivity contribution in [3.8, 4) is 19.5 Å². The van der Waals surface area contributed by atoms with E-state index in [2.05, 4.69) is 31.2 Å². The lowest BCUT2D eigenvalue weighted by Crippen LogP contribution is -1.73. The smallest absolute Gasteiger partial charge is 0.151 e. The van der Waals surface area contributed by atoms with Crippen LogP contribution in [0.25, 0.3) is 19.5 Å². The van der Waals surface area contributed by atoms with Crippen molar-refractivity contribution in [3.05, 3.63) is 45.6 Å². The Morgan fingerprint density at radius 1 is 0.842 bits per heavy atom. The zero-order valence-electron chi connectivity index (χ0n) is 10.6. The van der Waals surface area contributed by atoms with E-state index in [0.717, 1.165) is 16.7 Å². The van der Waals surface area contributed by atoms with Crippen LogP contribution in [0.5, 0.6) is 0 Å². The average molecular weight is 304 g/mol. The molecule has 1 nitrogen and oxygen atoms in total. The van der Waals surface area contributed by atoms with Crippen LogP contribution in [-0.2, 0) is 0 Å². The normalized spacial score (nSPS) is 10.8. The number of carbonyl (C=O) groups excluding carboxylic acids is 1. The monoisotopic (exact) mass is 304 g/mol. The molecule has 0 N–H and O–H groups in total. The second-order valence-electron chi connectivity index (χ2n) is 4.31. The first-order valence-corrected chi connectivity index (χ1v) is 8.35. The Morgan fingerprint density at radius 3 is 2.05 bits per heavy atom. The van der Waals surface area contributed by atoms with Crippen molar-refractivity contribution >= 4 is 40.3 Å². The van der Waals surface area contributed by atoms with Crippen LogP contribution < -0.4 is 0 Å². The van der Waals surface area contributed by atoms with Gasteiger partial charge in [0, 0.05) is 34.8 Å². The van der Waals surface area contributed by atoms with Crippen molar-refractivity contribution in [2.45, 2.75) is 13.8 Å². The van der Waals surface area contributed by atoms with Gasteiger partial charge in [-0.1, -0.05) is 0 Å². The number of rotatable bonds is 3. The molecule has 0 aliphatic heterocycles. The Balaban J connectivity index is 1.98. The fourth-order valence-electron chi connectivity index (χ4n) is 1.90. The van der Waals surface area contributed by atoms with Gasteiger partial charge in [0.2, 0.25) is 0 Å². The first-order valence-electron chi connectivity index (χ1n) is 5.90. The second-order valence-corrected chi connectivity index (χ2v) is 7.94. The molecule has 0 spiro atoms. The van der Waals surface area contributed by atoms with Gasteiger partial charge in [0.25, 0.3) is 0 Å². The Kier molecular flexibility index (Phi) is 3.39. The molecule has 0 unspecified atom stereocenters. The highest BCUT2D eigenvalue weighted by molar-refractivity contribution is 7.26. The average Bonchev–Trinajstić information content (AvgIpc) is 3.07.